The van der Waals surface area contributed by atoms with Crippen molar-refractivity contribution in [2.75, 3.05) is 42.6 Å². The Morgan fingerprint density at radius 2 is 1.71 bits per heavy atom. The van der Waals surface area contributed by atoms with E-state index in [1.807, 2.05) is 45.0 Å². The molecule has 15 heteroatoms. The highest BCUT2D eigenvalue weighted by Gasteiger charge is 2.35. The van der Waals surface area contributed by atoms with E-state index in [1.54, 1.807) is 36.7 Å². The lowest BCUT2D eigenvalue weighted by atomic mass is 9.81. The number of benzene rings is 2. The molecule has 274 valence electrons. The van der Waals surface area contributed by atoms with Gasteiger partial charge in [-0.2, -0.15) is 5.21 Å². The minimum absolute atomic E-state index is 0.200. The van der Waals surface area contributed by atoms with Gasteiger partial charge in [-0.05, 0) is 99.4 Å². The van der Waals surface area contributed by atoms with Gasteiger partial charge in [0, 0.05) is 49.1 Å². The van der Waals surface area contributed by atoms with Crippen LogP contribution in [0.1, 0.15) is 52.0 Å². The number of H-pyrrole nitrogens is 1. The lowest BCUT2D eigenvalue weighted by molar-refractivity contribution is -0.130. The third-order valence-electron chi connectivity index (χ3n) is 9.27. The highest BCUT2D eigenvalue weighted by atomic mass is 16.6. The van der Waals surface area contributed by atoms with E-state index in [1.165, 1.54) is 4.90 Å². The molecule has 2 fully saturated rings. The van der Waals surface area contributed by atoms with Gasteiger partial charge in [0.05, 0.1) is 24.9 Å². The Labute approximate surface area is 302 Å². The highest BCUT2D eigenvalue weighted by Crippen LogP contribution is 2.32. The van der Waals surface area contributed by atoms with Gasteiger partial charge in [0.15, 0.2) is 0 Å². The Balaban J connectivity index is 1.14. The third-order valence-corrected chi connectivity index (χ3v) is 9.27. The van der Waals surface area contributed by atoms with E-state index in [0.717, 1.165) is 42.6 Å². The van der Waals surface area contributed by atoms with Crippen molar-refractivity contribution in [3.05, 3.63) is 66.5 Å². The molecule has 4 N–H and O–H groups in total. The second kappa shape index (κ2) is 16.4. The van der Waals surface area contributed by atoms with Crippen molar-refractivity contribution >= 4 is 29.5 Å². The summed E-state index contributed by atoms with van der Waals surface area (Å²) in [4.78, 5) is 53.1. The van der Waals surface area contributed by atoms with Crippen molar-refractivity contribution in [3.8, 4) is 22.5 Å². The molecule has 15 nitrogen and oxygen atoms in total. The molecule has 3 heterocycles. The van der Waals surface area contributed by atoms with Crippen molar-refractivity contribution in [1.82, 2.24) is 35.9 Å². The number of ether oxygens (including phenoxy) is 2. The number of nitrogens with zero attached hydrogens (tertiary/aromatic N) is 7. The summed E-state index contributed by atoms with van der Waals surface area (Å²) in [5, 5.41) is 16.9. The third kappa shape index (κ3) is 9.33. The zero-order valence-electron chi connectivity index (χ0n) is 29.8. The molecule has 0 bridgehead atoms. The van der Waals surface area contributed by atoms with Crippen LogP contribution < -0.4 is 20.9 Å². The summed E-state index contributed by atoms with van der Waals surface area (Å²) >= 11 is 0. The first-order valence-electron chi connectivity index (χ1n) is 17.7. The van der Waals surface area contributed by atoms with Crippen LogP contribution >= 0.6 is 0 Å². The normalized spacial score (nSPS) is 18.3. The number of morpholine rings is 1. The number of tetrazole rings is 1. The van der Waals surface area contributed by atoms with Gasteiger partial charge in [-0.1, -0.05) is 24.3 Å². The van der Waals surface area contributed by atoms with E-state index in [9.17, 15) is 14.4 Å². The first kappa shape index (κ1) is 36.5. The maximum Gasteiger partial charge on any atom is 0.407 e. The number of nitrogens with one attached hydrogen (secondary N) is 2. The summed E-state index contributed by atoms with van der Waals surface area (Å²) < 4.78 is 10.8. The predicted molar refractivity (Wildman–Crippen MR) is 194 cm³/mol. The molecule has 3 amide bonds. The molecular weight excluding hydrogens is 664 g/mol. The molecule has 0 radical (unpaired) electrons. The van der Waals surface area contributed by atoms with Crippen LogP contribution in [0.3, 0.4) is 0 Å². The number of carbonyl (C=O) groups is 3. The van der Waals surface area contributed by atoms with Crippen molar-refractivity contribution in [2.24, 2.45) is 17.6 Å². The molecule has 0 unspecified atom stereocenters. The molecule has 2 aliphatic rings. The maximum absolute atomic E-state index is 14.2. The van der Waals surface area contributed by atoms with Crippen molar-refractivity contribution in [2.45, 2.75) is 64.5 Å². The van der Waals surface area contributed by atoms with Crippen LogP contribution in [0.5, 0.6) is 0 Å². The lowest BCUT2D eigenvalue weighted by Crippen LogP contribution is -2.50. The van der Waals surface area contributed by atoms with Crippen LogP contribution in [-0.2, 0) is 25.5 Å². The van der Waals surface area contributed by atoms with Crippen LogP contribution in [0, 0.1) is 11.8 Å². The van der Waals surface area contributed by atoms with Crippen molar-refractivity contribution in [3.63, 3.8) is 0 Å². The Kier molecular flexibility index (Phi) is 11.5. The second-order valence-electron chi connectivity index (χ2n) is 14.3. The average molecular weight is 711 g/mol. The molecule has 4 aromatic rings. The number of rotatable bonds is 10. The molecule has 0 spiro atoms. The molecule has 52 heavy (non-hydrogen) atoms. The van der Waals surface area contributed by atoms with E-state index in [0.29, 0.717) is 55.6 Å². The van der Waals surface area contributed by atoms with Crippen LogP contribution in [0.25, 0.3) is 22.5 Å². The molecule has 1 saturated carbocycles. The van der Waals surface area contributed by atoms with E-state index in [-0.39, 0.29) is 24.2 Å². The van der Waals surface area contributed by atoms with Crippen LogP contribution in [0.2, 0.25) is 0 Å². The van der Waals surface area contributed by atoms with Crippen LogP contribution in [0.4, 0.5) is 16.4 Å². The number of imide groups is 1. The van der Waals surface area contributed by atoms with Gasteiger partial charge in [-0.15, -0.1) is 10.2 Å². The van der Waals surface area contributed by atoms with Crippen LogP contribution in [-0.4, -0.2) is 93.0 Å². The van der Waals surface area contributed by atoms with E-state index >= 15 is 0 Å². The maximum atomic E-state index is 14.2. The number of nitrogens with two attached hydrogens (primary N) is 1. The van der Waals surface area contributed by atoms with E-state index in [2.05, 4.69) is 40.8 Å². The van der Waals surface area contributed by atoms with Gasteiger partial charge in [0.1, 0.15) is 5.60 Å². The van der Waals surface area contributed by atoms with Gasteiger partial charge < -0.3 is 25.4 Å². The Bertz CT molecular complexity index is 1800. The SMILES string of the molecule is CC(C)(C)OC(=O)NCC1CCC(C(=O)N(C(=O)[C@@H](N)Cc2cccc(-c3cnc(N4CCOCC4)nc3)c2)c2ccc(-c3nn[nH]n3)cc2)CC1. The van der Waals surface area contributed by atoms with Gasteiger partial charge in [-0.3, -0.25) is 9.59 Å². The van der Waals surface area contributed by atoms with Crippen LogP contribution in [0.15, 0.2) is 60.9 Å². The number of amides is 3. The summed E-state index contributed by atoms with van der Waals surface area (Å²) in [6.07, 6.45) is 5.95. The first-order chi connectivity index (χ1) is 25.0. The topological polar surface area (TPSA) is 194 Å². The second-order valence-corrected chi connectivity index (χ2v) is 14.3. The Hall–Kier alpha value is -5.28. The predicted octanol–water partition coefficient (Wildman–Crippen LogP) is 3.92. The van der Waals surface area contributed by atoms with Gasteiger partial charge in [0.2, 0.25) is 17.7 Å². The highest BCUT2D eigenvalue weighted by molar-refractivity contribution is 6.17. The first-order valence-corrected chi connectivity index (χ1v) is 17.7. The molecule has 1 aliphatic heterocycles. The standard InChI is InChI=1S/C37H46N10O5/c1-37(2,3)52-36(50)41-21-24-7-9-27(10-8-24)33(48)47(30-13-11-26(12-14-30)32-42-44-45-43-32)34(49)31(38)20-25-5-4-6-28(19-25)29-22-39-35(40-23-29)46-15-17-51-18-16-46/h4-6,11-14,19,22-24,27,31H,7-10,15-18,20-21,38H2,1-3H3,(H,41,50)(H,42,43,44,45)/t24?,27?,31-/m0/s1. The zero-order chi connectivity index (χ0) is 36.7. The van der Waals surface area contributed by atoms with E-state index < -0.39 is 23.6 Å². The summed E-state index contributed by atoms with van der Waals surface area (Å²) in [6.45, 7) is 8.72. The fourth-order valence-corrected chi connectivity index (χ4v) is 6.53. The number of aromatic nitrogens is 6. The van der Waals surface area contributed by atoms with Crippen molar-refractivity contribution < 1.29 is 23.9 Å². The number of carbonyl (C=O) groups excluding carboxylic acids is 3. The zero-order valence-corrected chi connectivity index (χ0v) is 29.8. The summed E-state index contributed by atoms with van der Waals surface area (Å²) in [6, 6.07) is 13.7. The lowest BCUT2D eigenvalue weighted by Gasteiger charge is -2.32. The largest absolute Gasteiger partial charge is 0.444 e. The molecule has 1 saturated heterocycles. The van der Waals surface area contributed by atoms with Crippen molar-refractivity contribution in [1.29, 1.82) is 0 Å². The molecular formula is C37H46N10O5. The number of aromatic amines is 1. The van der Waals surface area contributed by atoms with Gasteiger partial charge >= 0.3 is 6.09 Å². The van der Waals surface area contributed by atoms with E-state index in [4.69, 9.17) is 15.2 Å². The quantitative estimate of drug-likeness (QED) is 0.215. The minimum Gasteiger partial charge on any atom is -0.444 e. The monoisotopic (exact) mass is 710 g/mol. The summed E-state index contributed by atoms with van der Waals surface area (Å²) in [5.74, 6) is 0.0934. The smallest absolute Gasteiger partial charge is 0.407 e. The fraction of sp³-hybridized carbons (Fsp3) is 0.459. The fourth-order valence-electron chi connectivity index (χ4n) is 6.53. The number of hydrogen-bond acceptors (Lipinski definition) is 12. The van der Waals surface area contributed by atoms with Gasteiger partial charge in [-0.25, -0.2) is 19.7 Å². The summed E-state index contributed by atoms with van der Waals surface area (Å²) in [5.41, 5.74) is 9.71. The molecule has 6 rings (SSSR count). The molecule has 1 atom stereocenters. The molecule has 2 aromatic heterocycles. The number of anilines is 2. The Morgan fingerprint density at radius 1 is 1.00 bits per heavy atom. The number of hydrogen-bond donors (Lipinski definition) is 3. The minimum atomic E-state index is -0.995. The summed E-state index contributed by atoms with van der Waals surface area (Å²) in [7, 11) is 0. The Morgan fingerprint density at radius 3 is 2.37 bits per heavy atom. The molecule has 1 aliphatic carbocycles. The van der Waals surface area contributed by atoms with Gasteiger partial charge in [0.25, 0.3) is 5.91 Å². The molecule has 2 aromatic carbocycles. The number of alkyl carbamates (subject to hydrolysis) is 1. The average Bonchev–Trinajstić information content (AvgIpc) is 3.70.